The van der Waals surface area contributed by atoms with E-state index in [4.69, 9.17) is 28.2 Å². The SMILES string of the molecule is O=c1cc(-c2cc(Cl)ccc2-n2cnnn2)cc2n1[C@H](c1nc(-c3ccsc3)c(Cl)[nH]1)CC2. The van der Waals surface area contributed by atoms with Gasteiger partial charge in [0.15, 0.2) is 0 Å². The smallest absolute Gasteiger partial charge is 0.252 e. The van der Waals surface area contributed by atoms with Crippen LogP contribution in [0.3, 0.4) is 0 Å². The number of aromatic nitrogens is 7. The number of aryl methyl sites for hydroxylation is 1. The van der Waals surface area contributed by atoms with Gasteiger partial charge in [0.25, 0.3) is 5.56 Å². The van der Waals surface area contributed by atoms with Crippen molar-refractivity contribution in [3.05, 3.63) is 85.5 Å². The van der Waals surface area contributed by atoms with Crippen molar-refractivity contribution in [3.8, 4) is 28.1 Å². The third-order valence-electron chi connectivity index (χ3n) is 5.79. The maximum atomic E-state index is 13.3. The number of halogens is 2. The summed E-state index contributed by atoms with van der Waals surface area (Å²) in [6, 6.07) is 10.8. The average Bonchev–Trinajstić information content (AvgIpc) is 3.59. The standard InChI is InChI=1S/C22H15Cl2N7OS/c23-14-1-3-17(30-11-25-28-29-30)16(9-14)13-7-15-2-4-18(31(15)19(32)8-13)22-26-20(21(24)27-22)12-5-6-33-10-12/h1,3,5-11,18H,2,4H2,(H,26,27)/t18-/m0/s1. The Balaban J connectivity index is 1.43. The van der Waals surface area contributed by atoms with Crippen LogP contribution in [0, 0.1) is 0 Å². The van der Waals surface area contributed by atoms with Gasteiger partial charge >= 0.3 is 0 Å². The molecule has 1 atom stereocenters. The van der Waals surface area contributed by atoms with Crippen LogP contribution in [0.25, 0.3) is 28.1 Å². The maximum Gasteiger partial charge on any atom is 0.252 e. The third kappa shape index (κ3) is 3.49. The van der Waals surface area contributed by atoms with Crippen molar-refractivity contribution in [1.29, 1.82) is 0 Å². The van der Waals surface area contributed by atoms with Gasteiger partial charge in [0.2, 0.25) is 0 Å². The summed E-state index contributed by atoms with van der Waals surface area (Å²) in [7, 11) is 0. The zero-order valence-electron chi connectivity index (χ0n) is 16.9. The van der Waals surface area contributed by atoms with Crippen LogP contribution < -0.4 is 5.56 Å². The Morgan fingerprint density at radius 3 is 2.82 bits per heavy atom. The first-order valence-electron chi connectivity index (χ1n) is 10.2. The molecule has 5 aromatic rings. The van der Waals surface area contributed by atoms with E-state index in [0.29, 0.717) is 21.7 Å². The van der Waals surface area contributed by atoms with Crippen molar-refractivity contribution >= 4 is 34.5 Å². The summed E-state index contributed by atoms with van der Waals surface area (Å²) in [6.45, 7) is 0. The average molecular weight is 496 g/mol. The van der Waals surface area contributed by atoms with Gasteiger partial charge in [-0.25, -0.2) is 4.98 Å². The van der Waals surface area contributed by atoms with Gasteiger partial charge in [-0.2, -0.15) is 16.0 Å². The number of aromatic amines is 1. The summed E-state index contributed by atoms with van der Waals surface area (Å²) in [6.07, 6.45) is 3.00. The minimum atomic E-state index is -0.204. The van der Waals surface area contributed by atoms with Crippen LogP contribution in [0.2, 0.25) is 10.2 Å². The predicted octanol–water partition coefficient (Wildman–Crippen LogP) is 4.79. The van der Waals surface area contributed by atoms with E-state index < -0.39 is 0 Å². The molecule has 1 N–H and O–H groups in total. The minimum Gasteiger partial charge on any atom is -0.331 e. The summed E-state index contributed by atoms with van der Waals surface area (Å²) < 4.78 is 3.34. The molecule has 4 aromatic heterocycles. The minimum absolute atomic E-state index is 0.114. The Morgan fingerprint density at radius 1 is 1.12 bits per heavy atom. The van der Waals surface area contributed by atoms with Gasteiger partial charge in [-0.1, -0.05) is 23.2 Å². The molecule has 164 valence electrons. The first-order chi connectivity index (χ1) is 16.1. The van der Waals surface area contributed by atoms with Gasteiger partial charge in [0, 0.05) is 33.3 Å². The number of rotatable bonds is 4. The van der Waals surface area contributed by atoms with Crippen molar-refractivity contribution in [1.82, 2.24) is 34.7 Å². The molecule has 0 unspecified atom stereocenters. The van der Waals surface area contributed by atoms with E-state index in [2.05, 4.69) is 20.5 Å². The Hall–Kier alpha value is -3.27. The van der Waals surface area contributed by atoms with Crippen molar-refractivity contribution in [2.75, 3.05) is 0 Å². The van der Waals surface area contributed by atoms with Crippen LogP contribution in [-0.2, 0) is 6.42 Å². The monoisotopic (exact) mass is 495 g/mol. The molecule has 1 aliphatic rings. The van der Waals surface area contributed by atoms with Crippen LogP contribution in [0.1, 0.15) is 24.0 Å². The largest absolute Gasteiger partial charge is 0.331 e. The maximum absolute atomic E-state index is 13.3. The summed E-state index contributed by atoms with van der Waals surface area (Å²) in [5.74, 6) is 0.687. The topological polar surface area (TPSA) is 94.3 Å². The lowest BCUT2D eigenvalue weighted by Crippen LogP contribution is -2.24. The highest BCUT2D eigenvalue weighted by atomic mass is 35.5. The highest BCUT2D eigenvalue weighted by Crippen LogP contribution is 2.36. The second-order valence-electron chi connectivity index (χ2n) is 7.71. The predicted molar refractivity (Wildman–Crippen MR) is 127 cm³/mol. The van der Waals surface area contributed by atoms with Gasteiger partial charge in [-0.15, -0.1) is 5.10 Å². The van der Waals surface area contributed by atoms with Crippen LogP contribution in [-0.4, -0.2) is 34.7 Å². The highest BCUT2D eigenvalue weighted by Gasteiger charge is 2.29. The molecule has 0 spiro atoms. The van der Waals surface area contributed by atoms with E-state index in [-0.39, 0.29) is 11.6 Å². The van der Waals surface area contributed by atoms with E-state index in [9.17, 15) is 4.79 Å². The molecule has 0 bridgehead atoms. The lowest BCUT2D eigenvalue weighted by Gasteiger charge is -2.15. The molecule has 6 rings (SSSR count). The number of nitrogens with zero attached hydrogens (tertiary/aromatic N) is 6. The molecule has 0 radical (unpaired) electrons. The van der Waals surface area contributed by atoms with Crippen LogP contribution >= 0.6 is 34.5 Å². The molecule has 5 heterocycles. The van der Waals surface area contributed by atoms with Crippen molar-refractivity contribution in [3.63, 3.8) is 0 Å². The van der Waals surface area contributed by atoms with E-state index in [1.807, 2.05) is 35.0 Å². The summed E-state index contributed by atoms with van der Waals surface area (Å²) in [5.41, 5.74) is 4.75. The Kier molecular flexibility index (Phi) is 4.90. The number of nitrogens with one attached hydrogen (secondary N) is 1. The van der Waals surface area contributed by atoms with Crippen LogP contribution in [0.15, 0.2) is 58.3 Å². The van der Waals surface area contributed by atoms with Crippen LogP contribution in [0.5, 0.6) is 0 Å². The number of imidazole rings is 1. The molecule has 1 aliphatic heterocycles. The second-order valence-corrected chi connectivity index (χ2v) is 9.31. The molecule has 0 fully saturated rings. The van der Waals surface area contributed by atoms with Crippen molar-refractivity contribution in [2.45, 2.75) is 18.9 Å². The molecule has 0 saturated carbocycles. The third-order valence-corrected chi connectivity index (χ3v) is 6.98. The first-order valence-corrected chi connectivity index (χ1v) is 11.8. The van der Waals surface area contributed by atoms with Crippen molar-refractivity contribution in [2.24, 2.45) is 0 Å². The van der Waals surface area contributed by atoms with E-state index in [0.717, 1.165) is 40.9 Å². The fraction of sp³-hybridized carbons (Fsp3) is 0.136. The first kappa shape index (κ1) is 20.3. The quantitative estimate of drug-likeness (QED) is 0.386. The molecule has 0 aliphatic carbocycles. The number of pyridine rings is 1. The number of hydrogen-bond acceptors (Lipinski definition) is 6. The molecule has 8 nitrogen and oxygen atoms in total. The number of hydrogen-bond donors (Lipinski definition) is 1. The van der Waals surface area contributed by atoms with E-state index >= 15 is 0 Å². The molecular formula is C22H15Cl2N7OS. The van der Waals surface area contributed by atoms with Crippen molar-refractivity contribution < 1.29 is 0 Å². The number of thiophene rings is 1. The second kappa shape index (κ2) is 7.95. The highest BCUT2D eigenvalue weighted by molar-refractivity contribution is 7.08. The number of fused-ring (bicyclic) bond motifs is 1. The van der Waals surface area contributed by atoms with Gasteiger partial charge in [-0.05, 0) is 64.5 Å². The van der Waals surface area contributed by atoms with Gasteiger partial charge < -0.3 is 9.55 Å². The number of benzene rings is 1. The van der Waals surface area contributed by atoms with Gasteiger partial charge in [0.1, 0.15) is 23.0 Å². The van der Waals surface area contributed by atoms with Gasteiger partial charge in [-0.3, -0.25) is 4.79 Å². The normalized spacial score (nSPS) is 15.2. The summed E-state index contributed by atoms with van der Waals surface area (Å²) >= 11 is 14.3. The summed E-state index contributed by atoms with van der Waals surface area (Å²) in [5, 5.41) is 16.4. The number of H-pyrrole nitrogens is 1. The van der Waals surface area contributed by atoms with Gasteiger partial charge in [0.05, 0.1) is 11.7 Å². The number of tetrazole rings is 1. The molecular weight excluding hydrogens is 481 g/mol. The van der Waals surface area contributed by atoms with E-state index in [1.165, 1.54) is 6.33 Å². The molecule has 33 heavy (non-hydrogen) atoms. The zero-order chi connectivity index (χ0) is 22.5. The molecule has 0 amide bonds. The zero-order valence-corrected chi connectivity index (χ0v) is 19.3. The Bertz CT molecular complexity index is 1520. The lowest BCUT2D eigenvalue weighted by atomic mass is 10.0. The summed E-state index contributed by atoms with van der Waals surface area (Å²) in [4.78, 5) is 21.2. The lowest BCUT2D eigenvalue weighted by molar-refractivity contribution is 0.572. The Morgan fingerprint density at radius 2 is 2.03 bits per heavy atom. The van der Waals surface area contributed by atoms with Crippen LogP contribution in [0.4, 0.5) is 0 Å². The molecule has 11 heteroatoms. The molecule has 0 saturated heterocycles. The Labute approximate surface area is 201 Å². The molecule has 1 aromatic carbocycles. The fourth-order valence-electron chi connectivity index (χ4n) is 4.34. The van der Waals surface area contributed by atoms with E-state index in [1.54, 1.807) is 32.7 Å². The fourth-order valence-corrected chi connectivity index (χ4v) is 5.40.